The van der Waals surface area contributed by atoms with Crippen molar-refractivity contribution in [2.75, 3.05) is 5.75 Å². The number of hydrogen-bond acceptors (Lipinski definition) is 4. The third-order valence-electron chi connectivity index (χ3n) is 10.7. The van der Waals surface area contributed by atoms with Gasteiger partial charge in [0.25, 0.3) is 10.1 Å². The summed E-state index contributed by atoms with van der Waals surface area (Å²) in [5.74, 6) is -0.894. The monoisotopic (exact) mass is 768 g/mol. The van der Waals surface area contributed by atoms with Crippen LogP contribution in [0.2, 0.25) is 0 Å². The van der Waals surface area contributed by atoms with Crippen molar-refractivity contribution < 1.29 is 22.9 Å². The molecule has 0 fully saturated rings. The SMILES string of the molecule is CCCCCCC/C=C\C/C=C\CCCCCCCCCCCC(=O)NC(CS(=O)(=O)O)C(O)CCCCCCCCCCCCCCCCCCC. The molecule has 0 aromatic heterocycles. The molecule has 0 rings (SSSR count). The molecule has 0 aliphatic heterocycles. The van der Waals surface area contributed by atoms with Crippen molar-refractivity contribution in [3.63, 3.8) is 0 Å². The van der Waals surface area contributed by atoms with Gasteiger partial charge in [-0.25, -0.2) is 0 Å². The van der Waals surface area contributed by atoms with Crippen LogP contribution in [0, 0.1) is 0 Å². The molecule has 0 aliphatic carbocycles. The maximum Gasteiger partial charge on any atom is 0.266 e. The van der Waals surface area contributed by atoms with Crippen molar-refractivity contribution in [3.8, 4) is 0 Å². The maximum atomic E-state index is 12.6. The molecule has 6 nitrogen and oxygen atoms in total. The number of hydrogen-bond donors (Lipinski definition) is 3. The summed E-state index contributed by atoms with van der Waals surface area (Å²) in [6, 6.07) is -0.971. The minimum atomic E-state index is -4.31. The average molecular weight is 768 g/mol. The van der Waals surface area contributed by atoms with E-state index >= 15 is 0 Å². The minimum Gasteiger partial charge on any atom is -0.391 e. The zero-order valence-corrected chi connectivity index (χ0v) is 36.0. The Morgan fingerprint density at radius 2 is 0.849 bits per heavy atom. The van der Waals surface area contributed by atoms with Crippen LogP contribution < -0.4 is 5.32 Å². The van der Waals surface area contributed by atoms with Gasteiger partial charge in [-0.1, -0.05) is 218 Å². The first kappa shape index (κ1) is 51.8. The van der Waals surface area contributed by atoms with Gasteiger partial charge in [0.05, 0.1) is 17.9 Å². The maximum absolute atomic E-state index is 12.6. The molecule has 1 amide bonds. The van der Waals surface area contributed by atoms with E-state index in [0.29, 0.717) is 12.8 Å². The first-order valence-electron chi connectivity index (χ1n) is 23.0. The molecule has 0 aromatic carbocycles. The van der Waals surface area contributed by atoms with Gasteiger partial charge < -0.3 is 10.4 Å². The van der Waals surface area contributed by atoms with Crippen LogP contribution in [0.1, 0.15) is 245 Å². The lowest BCUT2D eigenvalue weighted by Gasteiger charge is -2.23. The van der Waals surface area contributed by atoms with E-state index in [9.17, 15) is 22.9 Å². The van der Waals surface area contributed by atoms with E-state index in [4.69, 9.17) is 0 Å². The first-order valence-corrected chi connectivity index (χ1v) is 24.6. The van der Waals surface area contributed by atoms with Gasteiger partial charge in [-0.05, 0) is 44.9 Å². The fraction of sp³-hybridized carbons (Fsp3) is 0.891. The molecule has 3 N–H and O–H groups in total. The second kappa shape index (κ2) is 40.5. The second-order valence-electron chi connectivity index (χ2n) is 16.0. The van der Waals surface area contributed by atoms with Crippen molar-refractivity contribution in [1.29, 1.82) is 0 Å². The van der Waals surface area contributed by atoms with Crippen LogP contribution >= 0.6 is 0 Å². The molecule has 53 heavy (non-hydrogen) atoms. The number of carbonyl (C=O) groups is 1. The van der Waals surface area contributed by atoms with Gasteiger partial charge in [0.15, 0.2) is 0 Å². The van der Waals surface area contributed by atoms with Crippen molar-refractivity contribution in [2.24, 2.45) is 0 Å². The van der Waals surface area contributed by atoms with E-state index in [1.165, 1.54) is 173 Å². The van der Waals surface area contributed by atoms with Crippen LogP contribution in [0.5, 0.6) is 0 Å². The van der Waals surface area contributed by atoms with E-state index in [1.807, 2.05) is 0 Å². The summed E-state index contributed by atoms with van der Waals surface area (Å²) in [6.07, 6.45) is 51.3. The summed E-state index contributed by atoms with van der Waals surface area (Å²) in [5, 5.41) is 13.4. The third kappa shape index (κ3) is 41.8. The lowest BCUT2D eigenvalue weighted by atomic mass is 10.0. The fourth-order valence-electron chi connectivity index (χ4n) is 7.19. The number of aliphatic hydroxyl groups excluding tert-OH is 1. The Kier molecular flexibility index (Phi) is 39.6. The highest BCUT2D eigenvalue weighted by molar-refractivity contribution is 7.85. The molecule has 2 unspecified atom stereocenters. The number of carbonyl (C=O) groups excluding carboxylic acids is 1. The molecule has 0 heterocycles. The molecule has 0 aromatic rings. The molecule has 0 radical (unpaired) electrons. The van der Waals surface area contributed by atoms with Crippen LogP contribution in [-0.4, -0.2) is 41.9 Å². The van der Waals surface area contributed by atoms with Crippen molar-refractivity contribution in [2.45, 2.75) is 257 Å². The molecule has 0 aliphatic rings. The van der Waals surface area contributed by atoms with E-state index < -0.39 is 28.0 Å². The zero-order chi connectivity index (χ0) is 38.9. The van der Waals surface area contributed by atoms with Gasteiger partial charge in [0.1, 0.15) is 0 Å². The molecule has 0 spiro atoms. The van der Waals surface area contributed by atoms with Crippen LogP contribution in [0.3, 0.4) is 0 Å². The van der Waals surface area contributed by atoms with Gasteiger partial charge >= 0.3 is 0 Å². The average Bonchev–Trinajstić information content (AvgIpc) is 3.12. The predicted molar refractivity (Wildman–Crippen MR) is 230 cm³/mol. The topological polar surface area (TPSA) is 104 Å². The van der Waals surface area contributed by atoms with Crippen LogP contribution in [0.15, 0.2) is 24.3 Å². The summed E-state index contributed by atoms with van der Waals surface area (Å²) in [4.78, 5) is 12.6. The molecule has 2 atom stereocenters. The van der Waals surface area contributed by atoms with Crippen molar-refractivity contribution >= 4 is 16.0 Å². The Labute approximate surface area is 330 Å². The molecule has 7 heteroatoms. The first-order chi connectivity index (χ1) is 25.8. The van der Waals surface area contributed by atoms with Gasteiger partial charge in [-0.15, -0.1) is 0 Å². The second-order valence-corrected chi connectivity index (χ2v) is 17.5. The van der Waals surface area contributed by atoms with E-state index in [-0.39, 0.29) is 5.91 Å². The van der Waals surface area contributed by atoms with Crippen LogP contribution in [-0.2, 0) is 14.9 Å². The van der Waals surface area contributed by atoms with Gasteiger partial charge in [-0.2, -0.15) is 8.42 Å². The Hall–Kier alpha value is -1.18. The van der Waals surface area contributed by atoms with Crippen LogP contribution in [0.25, 0.3) is 0 Å². The Morgan fingerprint density at radius 1 is 0.509 bits per heavy atom. The molecular weight excluding hydrogens is 679 g/mol. The normalized spacial score (nSPS) is 13.4. The number of amides is 1. The standard InChI is InChI=1S/C46H89NO5S/c1-3-5-7-9-11-13-15-17-19-21-22-23-24-26-28-30-32-34-36-38-40-42-46(49)47-44(43-53(50,51)52)45(48)41-39-37-35-33-31-29-27-25-20-18-16-14-12-10-8-6-4-2/h15,17,21-22,44-45,48H,3-14,16,18-20,23-43H2,1-2H3,(H,47,49)(H,50,51,52)/b17-15-,22-21-. The number of unbranched alkanes of at least 4 members (excludes halogenated alkanes) is 30. The Morgan fingerprint density at radius 3 is 1.23 bits per heavy atom. The molecule has 0 saturated carbocycles. The smallest absolute Gasteiger partial charge is 0.266 e. The van der Waals surface area contributed by atoms with Crippen molar-refractivity contribution in [3.05, 3.63) is 24.3 Å². The lowest BCUT2D eigenvalue weighted by Crippen LogP contribution is -2.47. The fourth-order valence-corrected chi connectivity index (χ4v) is 7.95. The summed E-state index contributed by atoms with van der Waals surface area (Å²) in [7, 11) is -4.31. The summed E-state index contributed by atoms with van der Waals surface area (Å²) < 4.78 is 32.6. The Balaban J connectivity index is 3.80. The van der Waals surface area contributed by atoms with Crippen LogP contribution in [0.4, 0.5) is 0 Å². The third-order valence-corrected chi connectivity index (χ3v) is 11.4. The number of rotatable bonds is 42. The molecule has 0 saturated heterocycles. The molecular formula is C46H89NO5S. The van der Waals surface area contributed by atoms with Gasteiger partial charge in [-0.3, -0.25) is 9.35 Å². The number of aliphatic hydroxyl groups is 1. The van der Waals surface area contributed by atoms with Gasteiger partial charge in [0.2, 0.25) is 5.91 Å². The number of allylic oxidation sites excluding steroid dienone is 4. The highest BCUT2D eigenvalue weighted by Crippen LogP contribution is 2.16. The number of nitrogens with one attached hydrogen (secondary N) is 1. The highest BCUT2D eigenvalue weighted by Gasteiger charge is 2.26. The summed E-state index contributed by atoms with van der Waals surface area (Å²) in [6.45, 7) is 4.53. The summed E-state index contributed by atoms with van der Waals surface area (Å²) in [5.41, 5.74) is 0. The Bertz CT molecular complexity index is 934. The summed E-state index contributed by atoms with van der Waals surface area (Å²) >= 11 is 0. The minimum absolute atomic E-state index is 0.247. The van der Waals surface area contributed by atoms with Crippen molar-refractivity contribution in [1.82, 2.24) is 5.32 Å². The van der Waals surface area contributed by atoms with E-state index in [2.05, 4.69) is 43.5 Å². The molecule has 314 valence electrons. The van der Waals surface area contributed by atoms with Gasteiger partial charge in [0, 0.05) is 6.42 Å². The highest BCUT2D eigenvalue weighted by atomic mass is 32.2. The molecule has 0 bridgehead atoms. The zero-order valence-electron chi connectivity index (χ0n) is 35.2. The quantitative estimate of drug-likeness (QED) is 0.0326. The lowest BCUT2D eigenvalue weighted by molar-refractivity contribution is -0.122. The largest absolute Gasteiger partial charge is 0.391 e. The predicted octanol–water partition coefficient (Wildman–Crippen LogP) is 13.9. The van der Waals surface area contributed by atoms with E-state index in [0.717, 1.165) is 44.9 Å². The van der Waals surface area contributed by atoms with E-state index in [1.54, 1.807) is 0 Å².